The lowest BCUT2D eigenvalue weighted by molar-refractivity contribution is -0.385. The molecule has 19 heavy (non-hydrogen) atoms. The highest BCUT2D eigenvalue weighted by Gasteiger charge is 2.24. The molecule has 102 valence electrons. The fraction of sp³-hybridized carbons (Fsp3) is 0.462. The molecule has 1 saturated heterocycles. The van der Waals surface area contributed by atoms with Gasteiger partial charge >= 0.3 is 5.97 Å². The predicted octanol–water partition coefficient (Wildman–Crippen LogP) is 2.24. The van der Waals surface area contributed by atoms with E-state index in [0.29, 0.717) is 37.4 Å². The first kappa shape index (κ1) is 13.5. The molecule has 1 aliphatic rings. The van der Waals surface area contributed by atoms with E-state index in [1.54, 1.807) is 6.92 Å². The Morgan fingerprint density at radius 3 is 2.68 bits per heavy atom. The molecule has 6 heteroatoms. The fourth-order valence-electron chi connectivity index (χ4n) is 2.03. The average Bonchev–Trinajstić information content (AvgIpc) is 2.39. The van der Waals surface area contributed by atoms with Gasteiger partial charge in [-0.15, -0.1) is 0 Å². The average molecular weight is 265 g/mol. The van der Waals surface area contributed by atoms with Gasteiger partial charge in [-0.2, -0.15) is 0 Å². The Hall–Kier alpha value is -1.95. The highest BCUT2D eigenvalue weighted by Crippen LogP contribution is 2.25. The van der Waals surface area contributed by atoms with Gasteiger partial charge in [0.05, 0.1) is 10.8 Å². The number of hydrogen-bond donors (Lipinski definition) is 0. The first-order valence-electron chi connectivity index (χ1n) is 6.12. The molecule has 1 aromatic rings. The summed E-state index contributed by atoms with van der Waals surface area (Å²) in [5, 5.41) is 10.7. The summed E-state index contributed by atoms with van der Waals surface area (Å²) >= 11 is 0. The number of aryl methyl sites for hydroxylation is 1. The van der Waals surface area contributed by atoms with Gasteiger partial charge in [-0.3, -0.25) is 14.9 Å². The van der Waals surface area contributed by atoms with Crippen molar-refractivity contribution >= 4 is 11.7 Å². The summed E-state index contributed by atoms with van der Waals surface area (Å²) in [4.78, 5) is 22.1. The normalized spacial score (nSPS) is 16.1. The topological polar surface area (TPSA) is 78.7 Å². The van der Waals surface area contributed by atoms with Gasteiger partial charge in [0.1, 0.15) is 5.75 Å². The number of carbonyl (C=O) groups is 1. The highest BCUT2D eigenvalue weighted by atomic mass is 16.6. The van der Waals surface area contributed by atoms with Crippen LogP contribution in [0.4, 0.5) is 5.69 Å². The molecule has 6 nitrogen and oxygen atoms in total. The van der Waals surface area contributed by atoms with E-state index in [2.05, 4.69) is 0 Å². The second kappa shape index (κ2) is 5.79. The van der Waals surface area contributed by atoms with Crippen molar-refractivity contribution in [2.75, 3.05) is 13.2 Å². The molecule has 0 atom stereocenters. The molecule has 0 saturated carbocycles. The van der Waals surface area contributed by atoms with Gasteiger partial charge in [0.15, 0.2) is 0 Å². The zero-order chi connectivity index (χ0) is 13.8. The minimum Gasteiger partial charge on any atom is -0.426 e. The standard InChI is InChI=1S/C13H15NO5/c1-9-8-11(2-3-12(9)14(16)17)19-13(15)10-4-6-18-7-5-10/h2-3,8,10H,4-7H2,1H3. The number of carbonyl (C=O) groups excluding carboxylic acids is 1. The molecule has 1 aromatic carbocycles. The zero-order valence-electron chi connectivity index (χ0n) is 10.6. The van der Waals surface area contributed by atoms with Gasteiger partial charge in [-0.05, 0) is 31.9 Å². The second-order valence-electron chi connectivity index (χ2n) is 4.51. The predicted molar refractivity (Wildman–Crippen MR) is 67.0 cm³/mol. The molecule has 0 spiro atoms. The minimum absolute atomic E-state index is 0.0193. The summed E-state index contributed by atoms with van der Waals surface area (Å²) in [6, 6.07) is 4.31. The van der Waals surface area contributed by atoms with Crippen LogP contribution in [-0.2, 0) is 9.53 Å². The van der Waals surface area contributed by atoms with Gasteiger partial charge in [0, 0.05) is 24.8 Å². The Kier molecular flexibility index (Phi) is 4.11. The summed E-state index contributed by atoms with van der Waals surface area (Å²) in [5.74, 6) is -0.0969. The van der Waals surface area contributed by atoms with Crippen molar-refractivity contribution in [3.05, 3.63) is 33.9 Å². The van der Waals surface area contributed by atoms with Gasteiger partial charge < -0.3 is 9.47 Å². The van der Waals surface area contributed by atoms with E-state index < -0.39 is 4.92 Å². The second-order valence-corrected chi connectivity index (χ2v) is 4.51. The Labute approximate surface area is 110 Å². The van der Waals surface area contributed by atoms with Crippen LogP contribution in [0.25, 0.3) is 0 Å². The Morgan fingerprint density at radius 2 is 2.11 bits per heavy atom. The molecule has 1 heterocycles. The molecule has 0 aromatic heterocycles. The van der Waals surface area contributed by atoms with E-state index >= 15 is 0 Å². The lowest BCUT2D eigenvalue weighted by atomic mass is 10.0. The summed E-state index contributed by atoms with van der Waals surface area (Å²) in [7, 11) is 0. The van der Waals surface area contributed by atoms with Crippen molar-refractivity contribution in [1.29, 1.82) is 0 Å². The zero-order valence-corrected chi connectivity index (χ0v) is 10.6. The summed E-state index contributed by atoms with van der Waals surface area (Å²) in [6.45, 7) is 2.75. The maximum absolute atomic E-state index is 11.9. The summed E-state index contributed by atoms with van der Waals surface area (Å²) < 4.78 is 10.4. The molecule has 2 rings (SSSR count). The van der Waals surface area contributed by atoms with Gasteiger partial charge in [-0.25, -0.2) is 0 Å². The van der Waals surface area contributed by atoms with E-state index in [0.717, 1.165) is 0 Å². The van der Waals surface area contributed by atoms with Crippen molar-refractivity contribution < 1.29 is 19.2 Å². The molecule has 1 fully saturated rings. The Morgan fingerprint density at radius 1 is 1.42 bits per heavy atom. The number of esters is 1. The SMILES string of the molecule is Cc1cc(OC(=O)C2CCOCC2)ccc1[N+](=O)[O-]. The number of hydrogen-bond acceptors (Lipinski definition) is 5. The molecule has 1 aliphatic heterocycles. The van der Waals surface area contributed by atoms with Crippen LogP contribution in [-0.4, -0.2) is 24.1 Å². The first-order chi connectivity index (χ1) is 9.08. The molecular weight excluding hydrogens is 250 g/mol. The van der Waals surface area contributed by atoms with Crippen molar-refractivity contribution in [2.45, 2.75) is 19.8 Å². The number of rotatable bonds is 3. The van der Waals surface area contributed by atoms with Gasteiger partial charge in [0.25, 0.3) is 5.69 Å². The Bertz CT molecular complexity index is 494. The van der Waals surface area contributed by atoms with Crippen LogP contribution in [0.15, 0.2) is 18.2 Å². The quantitative estimate of drug-likeness (QED) is 0.362. The van der Waals surface area contributed by atoms with Crippen LogP contribution in [0, 0.1) is 23.0 Å². The van der Waals surface area contributed by atoms with Crippen molar-refractivity contribution in [1.82, 2.24) is 0 Å². The molecule has 0 radical (unpaired) electrons. The third-order valence-corrected chi connectivity index (χ3v) is 3.14. The third kappa shape index (κ3) is 3.29. The monoisotopic (exact) mass is 265 g/mol. The molecule has 0 aliphatic carbocycles. The number of benzene rings is 1. The van der Waals surface area contributed by atoms with E-state index in [1.807, 2.05) is 0 Å². The number of nitro benzene ring substituents is 1. The maximum Gasteiger partial charge on any atom is 0.314 e. The lowest BCUT2D eigenvalue weighted by Gasteiger charge is -2.20. The number of nitrogens with zero attached hydrogens (tertiary/aromatic N) is 1. The van der Waals surface area contributed by atoms with Crippen LogP contribution in [0.2, 0.25) is 0 Å². The Balaban J connectivity index is 2.04. The third-order valence-electron chi connectivity index (χ3n) is 3.14. The molecular formula is C13H15NO5. The van der Waals surface area contributed by atoms with E-state index in [9.17, 15) is 14.9 Å². The van der Waals surface area contributed by atoms with Crippen LogP contribution < -0.4 is 4.74 Å². The summed E-state index contributed by atoms with van der Waals surface area (Å²) in [6.07, 6.45) is 1.32. The molecule has 0 N–H and O–H groups in total. The lowest BCUT2D eigenvalue weighted by Crippen LogP contribution is -2.27. The van der Waals surface area contributed by atoms with Crippen LogP contribution in [0.3, 0.4) is 0 Å². The molecule has 0 bridgehead atoms. The fourth-order valence-corrected chi connectivity index (χ4v) is 2.03. The molecule has 0 amide bonds. The van der Waals surface area contributed by atoms with Crippen molar-refractivity contribution in [2.24, 2.45) is 5.92 Å². The highest BCUT2D eigenvalue weighted by molar-refractivity contribution is 5.75. The van der Waals surface area contributed by atoms with E-state index in [4.69, 9.17) is 9.47 Å². The summed E-state index contributed by atoms with van der Waals surface area (Å²) in [5.41, 5.74) is 0.494. The maximum atomic E-state index is 11.9. The van der Waals surface area contributed by atoms with Crippen molar-refractivity contribution in [3.8, 4) is 5.75 Å². The number of nitro groups is 1. The minimum atomic E-state index is -0.459. The first-order valence-corrected chi connectivity index (χ1v) is 6.12. The van der Waals surface area contributed by atoms with Crippen LogP contribution in [0.1, 0.15) is 18.4 Å². The molecule has 0 unspecified atom stereocenters. The largest absolute Gasteiger partial charge is 0.426 e. The smallest absolute Gasteiger partial charge is 0.314 e. The van der Waals surface area contributed by atoms with E-state index in [1.165, 1.54) is 18.2 Å². The van der Waals surface area contributed by atoms with Crippen molar-refractivity contribution in [3.63, 3.8) is 0 Å². The van der Waals surface area contributed by atoms with Crippen LogP contribution >= 0.6 is 0 Å². The van der Waals surface area contributed by atoms with E-state index in [-0.39, 0.29) is 17.6 Å². The number of ether oxygens (including phenoxy) is 2. The van der Waals surface area contributed by atoms with Crippen LogP contribution in [0.5, 0.6) is 5.75 Å². The van der Waals surface area contributed by atoms with Gasteiger partial charge in [-0.1, -0.05) is 0 Å². The van der Waals surface area contributed by atoms with Gasteiger partial charge in [0.2, 0.25) is 0 Å².